The van der Waals surface area contributed by atoms with Crippen LogP contribution in [-0.2, 0) is 4.79 Å². The fourth-order valence-electron chi connectivity index (χ4n) is 2.14. The number of alkyl halides is 3. The Labute approximate surface area is 129 Å². The summed E-state index contributed by atoms with van der Waals surface area (Å²) >= 11 is 0.305. The zero-order valence-electron chi connectivity index (χ0n) is 12.1. The third kappa shape index (κ3) is 2.84. The molecule has 120 valence electrons. The van der Waals surface area contributed by atoms with Crippen molar-refractivity contribution in [3.8, 4) is 0 Å². The maximum Gasteiger partial charge on any atom is 0.412 e. The van der Waals surface area contributed by atoms with Crippen LogP contribution >= 0.6 is 11.8 Å². The summed E-state index contributed by atoms with van der Waals surface area (Å²) in [6, 6.07) is 3.79. The Morgan fingerprint density at radius 3 is 2.50 bits per heavy atom. The zero-order valence-corrected chi connectivity index (χ0v) is 12.9. The van der Waals surface area contributed by atoms with Crippen molar-refractivity contribution in [3.05, 3.63) is 35.1 Å². The van der Waals surface area contributed by atoms with Crippen LogP contribution in [0.2, 0.25) is 0 Å². The summed E-state index contributed by atoms with van der Waals surface area (Å²) < 4.78 is 50.2. The molecule has 0 aliphatic carbocycles. The van der Waals surface area contributed by atoms with Gasteiger partial charge in [-0.3, -0.25) is 9.79 Å². The molecule has 1 aromatic rings. The van der Waals surface area contributed by atoms with E-state index in [0.29, 0.717) is 22.9 Å². The summed E-state index contributed by atoms with van der Waals surface area (Å²) in [4.78, 5) is 15.6. The number of amides is 1. The lowest BCUT2D eigenvalue weighted by Crippen LogP contribution is -2.46. The van der Waals surface area contributed by atoms with Crippen LogP contribution < -0.4 is 5.32 Å². The van der Waals surface area contributed by atoms with Crippen molar-refractivity contribution in [3.63, 3.8) is 0 Å². The number of aliphatic imine (C=N–C) groups is 1. The van der Waals surface area contributed by atoms with E-state index in [-0.39, 0.29) is 5.17 Å². The summed E-state index contributed by atoms with van der Waals surface area (Å²) in [5, 5.41) is 1.97. The molecule has 1 aromatic carbocycles. The highest BCUT2D eigenvalue weighted by Crippen LogP contribution is 2.45. The van der Waals surface area contributed by atoms with E-state index in [1.54, 1.807) is 26.0 Å². The third-order valence-electron chi connectivity index (χ3n) is 3.50. The van der Waals surface area contributed by atoms with Crippen molar-refractivity contribution in [1.82, 2.24) is 5.32 Å². The largest absolute Gasteiger partial charge is 0.412 e. The minimum Gasteiger partial charge on any atom is -0.304 e. The maximum absolute atomic E-state index is 13.8. The monoisotopic (exact) mass is 334 g/mol. The van der Waals surface area contributed by atoms with Gasteiger partial charge in [0.05, 0.1) is 6.04 Å². The molecule has 1 heterocycles. The summed E-state index contributed by atoms with van der Waals surface area (Å²) in [6.45, 7) is 4.05. The van der Waals surface area contributed by atoms with Crippen LogP contribution in [0.3, 0.4) is 0 Å². The molecule has 0 aromatic heterocycles. The molecule has 2 atom stereocenters. The quantitative estimate of drug-likeness (QED) is 0.837. The van der Waals surface area contributed by atoms with E-state index in [9.17, 15) is 22.4 Å². The molecule has 1 amide bonds. The average molecular weight is 334 g/mol. The summed E-state index contributed by atoms with van der Waals surface area (Å²) in [5.74, 6) is -1.65. The molecule has 1 aliphatic rings. The molecule has 0 unspecified atom stereocenters. The van der Waals surface area contributed by atoms with Gasteiger partial charge >= 0.3 is 6.18 Å². The van der Waals surface area contributed by atoms with Crippen LogP contribution in [-0.4, -0.2) is 22.0 Å². The standard InChI is InChI=1S/C14H14F4N2OS/c1-7-5-4-6-9(15)10(7)8(2)19-12-20-11(21)13(3,22-12)14(16,17)18/h4-6,8H,1-3H3,(H,19,20,21)/t8-,13-/m0/s1. The van der Waals surface area contributed by atoms with E-state index < -0.39 is 28.7 Å². The van der Waals surface area contributed by atoms with Crippen LogP contribution in [0.15, 0.2) is 23.2 Å². The first-order chi connectivity index (χ1) is 10.1. The Kier molecular flexibility index (Phi) is 4.25. The molecule has 0 radical (unpaired) electrons. The van der Waals surface area contributed by atoms with Crippen molar-refractivity contribution in [1.29, 1.82) is 0 Å². The van der Waals surface area contributed by atoms with Gasteiger partial charge in [0.1, 0.15) is 5.82 Å². The van der Waals surface area contributed by atoms with Gasteiger partial charge in [0.2, 0.25) is 0 Å². The molecule has 8 heteroatoms. The number of rotatable bonds is 2. The Hall–Kier alpha value is -1.57. The molecule has 3 nitrogen and oxygen atoms in total. The van der Waals surface area contributed by atoms with E-state index in [2.05, 4.69) is 10.3 Å². The van der Waals surface area contributed by atoms with Gasteiger partial charge in [0.15, 0.2) is 9.91 Å². The Morgan fingerprint density at radius 1 is 1.36 bits per heavy atom. The van der Waals surface area contributed by atoms with Crippen molar-refractivity contribution in [2.75, 3.05) is 0 Å². The fourth-order valence-corrected chi connectivity index (χ4v) is 3.14. The fraction of sp³-hybridized carbons (Fsp3) is 0.429. The first kappa shape index (κ1) is 16.8. The number of hydrogen-bond donors (Lipinski definition) is 1. The first-order valence-electron chi connectivity index (χ1n) is 6.46. The summed E-state index contributed by atoms with van der Waals surface area (Å²) in [7, 11) is 0. The second-order valence-corrected chi connectivity index (χ2v) is 6.58. The molecular weight excluding hydrogens is 320 g/mol. The van der Waals surface area contributed by atoms with Gasteiger partial charge in [-0.2, -0.15) is 13.2 Å². The molecule has 1 fully saturated rings. The van der Waals surface area contributed by atoms with Gasteiger partial charge < -0.3 is 5.32 Å². The van der Waals surface area contributed by atoms with Crippen LogP contribution in [0, 0.1) is 12.7 Å². The average Bonchev–Trinajstić information content (AvgIpc) is 2.64. The highest BCUT2D eigenvalue weighted by molar-refractivity contribution is 8.16. The van der Waals surface area contributed by atoms with Gasteiger partial charge in [0, 0.05) is 5.56 Å². The van der Waals surface area contributed by atoms with Gasteiger partial charge in [0.25, 0.3) is 5.91 Å². The van der Waals surface area contributed by atoms with Gasteiger partial charge in [-0.05, 0) is 32.4 Å². The predicted octanol–water partition coefficient (Wildman–Crippen LogP) is 3.74. The molecule has 0 bridgehead atoms. The molecule has 0 spiro atoms. The SMILES string of the molecule is Cc1cccc(F)c1[C@H](C)N=C1NC(=O)[C@@](C)(C(F)(F)F)S1. The summed E-state index contributed by atoms with van der Waals surface area (Å²) in [6.07, 6.45) is -4.70. The highest BCUT2D eigenvalue weighted by atomic mass is 32.2. The molecule has 1 saturated heterocycles. The number of amidine groups is 1. The number of carbonyl (C=O) groups excluding carboxylic acids is 1. The number of carbonyl (C=O) groups is 1. The lowest BCUT2D eigenvalue weighted by molar-refractivity contribution is -0.166. The molecule has 0 saturated carbocycles. The Morgan fingerprint density at radius 2 is 2.00 bits per heavy atom. The molecule has 22 heavy (non-hydrogen) atoms. The smallest absolute Gasteiger partial charge is 0.304 e. The highest BCUT2D eigenvalue weighted by Gasteiger charge is 2.61. The van der Waals surface area contributed by atoms with E-state index in [4.69, 9.17) is 0 Å². The van der Waals surface area contributed by atoms with Crippen LogP contribution in [0.1, 0.15) is 31.0 Å². The number of hydrogen-bond acceptors (Lipinski definition) is 3. The molecule has 2 rings (SSSR count). The van der Waals surface area contributed by atoms with Crippen LogP contribution in [0.5, 0.6) is 0 Å². The number of aryl methyl sites for hydroxylation is 1. The normalized spacial score (nSPS) is 25.4. The minimum atomic E-state index is -4.70. The van der Waals surface area contributed by atoms with E-state index >= 15 is 0 Å². The maximum atomic E-state index is 13.8. The summed E-state index contributed by atoms with van der Waals surface area (Å²) in [5.41, 5.74) is 0.940. The van der Waals surface area contributed by atoms with Crippen LogP contribution in [0.25, 0.3) is 0 Å². The first-order valence-corrected chi connectivity index (χ1v) is 7.28. The zero-order chi connectivity index (χ0) is 16.7. The van der Waals surface area contributed by atoms with Crippen molar-refractivity contribution >= 4 is 22.8 Å². The lowest BCUT2D eigenvalue weighted by Gasteiger charge is -2.21. The second kappa shape index (κ2) is 5.57. The number of thioether (sulfide) groups is 1. The van der Waals surface area contributed by atoms with E-state index in [1.165, 1.54) is 6.07 Å². The van der Waals surface area contributed by atoms with Crippen molar-refractivity contribution < 1.29 is 22.4 Å². The number of nitrogens with one attached hydrogen (secondary N) is 1. The van der Waals surface area contributed by atoms with E-state index in [0.717, 1.165) is 6.92 Å². The molecule has 1 aliphatic heterocycles. The van der Waals surface area contributed by atoms with Crippen molar-refractivity contribution in [2.45, 2.75) is 37.7 Å². The van der Waals surface area contributed by atoms with Crippen molar-refractivity contribution in [2.24, 2.45) is 4.99 Å². The minimum absolute atomic E-state index is 0.153. The van der Waals surface area contributed by atoms with Gasteiger partial charge in [-0.1, -0.05) is 23.9 Å². The van der Waals surface area contributed by atoms with Gasteiger partial charge in [-0.25, -0.2) is 4.39 Å². The number of nitrogens with zero attached hydrogens (tertiary/aromatic N) is 1. The van der Waals surface area contributed by atoms with Crippen LogP contribution in [0.4, 0.5) is 17.6 Å². The van der Waals surface area contributed by atoms with E-state index in [1.807, 2.05) is 0 Å². The predicted molar refractivity (Wildman–Crippen MR) is 77.2 cm³/mol. The number of halogens is 4. The molecule has 1 N–H and O–H groups in total. The lowest BCUT2D eigenvalue weighted by atomic mass is 10.0. The molecular formula is C14H14F4N2OS. The Balaban J connectivity index is 2.31. The number of benzene rings is 1. The third-order valence-corrected chi connectivity index (χ3v) is 4.72. The second-order valence-electron chi connectivity index (χ2n) is 5.17. The topological polar surface area (TPSA) is 41.5 Å². The van der Waals surface area contributed by atoms with Gasteiger partial charge in [-0.15, -0.1) is 0 Å². The Bertz CT molecular complexity index is 624.